The number of anilines is 3. The number of nitro groups is 1. The minimum atomic E-state index is -0.520. The number of amides is 1. The number of aryl methyl sites for hydroxylation is 2. The Bertz CT molecular complexity index is 1830. The quantitative estimate of drug-likeness (QED) is 0.0992. The summed E-state index contributed by atoms with van der Waals surface area (Å²) in [6, 6.07) is 15.6. The van der Waals surface area contributed by atoms with Crippen molar-refractivity contribution in [1.29, 1.82) is 0 Å². The van der Waals surface area contributed by atoms with E-state index in [1.807, 2.05) is 37.4 Å². The number of aromatic nitrogens is 5. The van der Waals surface area contributed by atoms with Crippen LogP contribution in [0.3, 0.4) is 0 Å². The molecular formula is C32H36N10O4. The van der Waals surface area contributed by atoms with Gasteiger partial charge in [-0.2, -0.15) is 0 Å². The average molecular weight is 625 g/mol. The highest BCUT2D eigenvalue weighted by Crippen LogP contribution is 2.30. The Hall–Kier alpha value is -5.34. The summed E-state index contributed by atoms with van der Waals surface area (Å²) in [5, 5.41) is 21.9. The first-order valence-electron chi connectivity index (χ1n) is 15.2. The van der Waals surface area contributed by atoms with E-state index in [2.05, 4.69) is 53.7 Å². The fourth-order valence-electron chi connectivity index (χ4n) is 5.58. The minimum Gasteiger partial charge on any atom is -0.390 e. The maximum atomic E-state index is 13.3. The van der Waals surface area contributed by atoms with Crippen molar-refractivity contribution in [3.8, 4) is 11.3 Å². The Labute approximate surface area is 265 Å². The molecule has 0 aliphatic carbocycles. The van der Waals surface area contributed by atoms with Gasteiger partial charge in [0.05, 0.1) is 31.0 Å². The summed E-state index contributed by atoms with van der Waals surface area (Å²) in [4.78, 5) is 39.2. The molecule has 6 rings (SSSR count). The molecule has 1 saturated heterocycles. The van der Waals surface area contributed by atoms with Crippen molar-refractivity contribution in [2.75, 3.05) is 56.6 Å². The highest BCUT2D eigenvalue weighted by molar-refractivity contribution is 6.00. The summed E-state index contributed by atoms with van der Waals surface area (Å²) in [6.45, 7) is 5.33. The Morgan fingerprint density at radius 2 is 1.89 bits per heavy atom. The number of benzene rings is 2. The number of hydrogen-bond acceptors (Lipinski definition) is 10. The molecule has 2 aromatic carbocycles. The van der Waals surface area contributed by atoms with Crippen LogP contribution in [0.15, 0.2) is 73.3 Å². The Kier molecular flexibility index (Phi) is 9.45. The van der Waals surface area contributed by atoms with E-state index in [0.29, 0.717) is 56.5 Å². The second-order valence-corrected chi connectivity index (χ2v) is 11.0. The van der Waals surface area contributed by atoms with Crippen molar-refractivity contribution < 1.29 is 14.5 Å². The van der Waals surface area contributed by atoms with E-state index in [-0.39, 0.29) is 11.9 Å². The molecule has 1 aliphatic rings. The summed E-state index contributed by atoms with van der Waals surface area (Å²) >= 11 is 0. The number of hydrogen-bond donors (Lipinski definition) is 3. The number of carbonyl (C=O) groups is 1. The van der Waals surface area contributed by atoms with E-state index < -0.39 is 4.92 Å². The zero-order valence-electron chi connectivity index (χ0n) is 25.6. The van der Waals surface area contributed by atoms with Crippen LogP contribution in [-0.4, -0.2) is 85.8 Å². The molecule has 46 heavy (non-hydrogen) atoms. The lowest BCUT2D eigenvalue weighted by Crippen LogP contribution is -2.39. The van der Waals surface area contributed by atoms with E-state index in [9.17, 15) is 14.9 Å². The first-order chi connectivity index (χ1) is 22.5. The minimum absolute atomic E-state index is 0.215. The molecule has 0 atom stereocenters. The first-order valence-corrected chi connectivity index (χ1v) is 15.2. The van der Waals surface area contributed by atoms with E-state index in [1.54, 1.807) is 18.5 Å². The third kappa shape index (κ3) is 7.14. The lowest BCUT2D eigenvalue weighted by molar-refractivity contribution is -0.396. The maximum absolute atomic E-state index is 13.3. The van der Waals surface area contributed by atoms with Gasteiger partial charge in [-0.15, -0.1) is 0 Å². The molecule has 0 saturated carbocycles. The lowest BCUT2D eigenvalue weighted by atomic mass is 10.1. The van der Waals surface area contributed by atoms with Crippen LogP contribution in [0, 0.1) is 10.1 Å². The van der Waals surface area contributed by atoms with Gasteiger partial charge in [0.2, 0.25) is 5.95 Å². The number of morpholine rings is 1. The van der Waals surface area contributed by atoms with Crippen LogP contribution in [-0.2, 0) is 18.3 Å². The van der Waals surface area contributed by atoms with E-state index in [1.165, 1.54) is 10.8 Å². The van der Waals surface area contributed by atoms with Crippen LogP contribution in [0.4, 0.5) is 23.3 Å². The molecule has 0 radical (unpaired) electrons. The van der Waals surface area contributed by atoms with Gasteiger partial charge >= 0.3 is 5.95 Å². The standard InChI is InChI=1S/C32H36N10O4/c1-39-22-26(24-5-2-3-6-29(24)39)27-9-11-35-31(38-27)37-23-7-8-25(28(21-23)33-12-15-40-17-19-46-20-18-40)30(43)34-10-4-14-41-16-13-36-32(41)42(44)45/h2-3,5-9,11,13,16,21-22,33H,4,10,12,14-15,17-20H2,1H3,(H,34,43)(H,35,37,38). The fourth-order valence-corrected chi connectivity index (χ4v) is 5.58. The molecule has 14 heteroatoms. The predicted octanol–water partition coefficient (Wildman–Crippen LogP) is 4.05. The van der Waals surface area contributed by atoms with Gasteiger partial charge in [0.25, 0.3) is 5.91 Å². The third-order valence-corrected chi connectivity index (χ3v) is 7.91. The van der Waals surface area contributed by atoms with Crippen molar-refractivity contribution in [2.24, 2.45) is 7.05 Å². The first kappa shape index (κ1) is 30.7. The van der Waals surface area contributed by atoms with E-state index in [0.717, 1.165) is 47.5 Å². The summed E-state index contributed by atoms with van der Waals surface area (Å²) in [7, 11) is 2.02. The number of carbonyl (C=O) groups excluding carboxylic acids is 1. The van der Waals surface area contributed by atoms with Crippen LogP contribution in [0.2, 0.25) is 0 Å². The van der Waals surface area contributed by atoms with Crippen molar-refractivity contribution >= 4 is 40.1 Å². The largest absolute Gasteiger partial charge is 0.434 e. The van der Waals surface area contributed by atoms with Gasteiger partial charge in [0, 0.05) is 80.0 Å². The van der Waals surface area contributed by atoms with Crippen molar-refractivity contribution in [3.63, 3.8) is 0 Å². The zero-order valence-corrected chi connectivity index (χ0v) is 25.6. The Morgan fingerprint density at radius 1 is 1.04 bits per heavy atom. The molecule has 1 fully saturated rings. The van der Waals surface area contributed by atoms with Crippen molar-refractivity contribution in [3.05, 3.63) is 89.0 Å². The van der Waals surface area contributed by atoms with Crippen LogP contribution < -0.4 is 16.0 Å². The van der Waals surface area contributed by atoms with Gasteiger partial charge in [-0.05, 0) is 41.7 Å². The van der Waals surface area contributed by atoms with Crippen molar-refractivity contribution in [1.82, 2.24) is 34.3 Å². The molecule has 1 amide bonds. The maximum Gasteiger partial charge on any atom is 0.434 e. The van der Waals surface area contributed by atoms with Crippen LogP contribution >= 0.6 is 0 Å². The number of ether oxygens (including phenoxy) is 1. The third-order valence-electron chi connectivity index (χ3n) is 7.91. The number of para-hydroxylation sites is 1. The number of imidazole rings is 1. The monoisotopic (exact) mass is 624 g/mol. The van der Waals surface area contributed by atoms with Gasteiger partial charge in [-0.1, -0.05) is 23.2 Å². The smallest absolute Gasteiger partial charge is 0.390 e. The van der Waals surface area contributed by atoms with E-state index >= 15 is 0 Å². The Morgan fingerprint density at radius 3 is 2.74 bits per heavy atom. The van der Waals surface area contributed by atoms with Gasteiger partial charge in [0.1, 0.15) is 12.4 Å². The van der Waals surface area contributed by atoms with E-state index in [4.69, 9.17) is 9.72 Å². The SMILES string of the molecule is Cn1cc(-c2ccnc(Nc3ccc(C(=O)NCCCn4ccnc4[N+](=O)[O-])c(NCCN4CCOCC4)c3)n2)c2ccccc21. The number of rotatable bonds is 13. The van der Waals surface area contributed by atoms with Gasteiger partial charge < -0.3 is 35.4 Å². The molecule has 5 aromatic rings. The topological polar surface area (TPSA) is 157 Å². The van der Waals surface area contributed by atoms with Gasteiger partial charge in [-0.3, -0.25) is 9.69 Å². The molecule has 1 aliphatic heterocycles. The normalized spacial score (nSPS) is 13.5. The van der Waals surface area contributed by atoms with Gasteiger partial charge in [0.15, 0.2) is 0 Å². The molecule has 0 unspecified atom stereocenters. The number of fused-ring (bicyclic) bond motifs is 1. The number of nitrogens with zero attached hydrogens (tertiary/aromatic N) is 7. The number of nitrogens with one attached hydrogen (secondary N) is 3. The molecule has 0 spiro atoms. The zero-order chi connectivity index (χ0) is 31.9. The highest BCUT2D eigenvalue weighted by atomic mass is 16.6. The highest BCUT2D eigenvalue weighted by Gasteiger charge is 2.17. The predicted molar refractivity (Wildman–Crippen MR) is 175 cm³/mol. The van der Waals surface area contributed by atoms with Crippen LogP contribution in [0.5, 0.6) is 0 Å². The molecule has 4 heterocycles. The molecule has 3 N–H and O–H groups in total. The average Bonchev–Trinajstić information content (AvgIpc) is 3.68. The summed E-state index contributed by atoms with van der Waals surface area (Å²) < 4.78 is 9.00. The Balaban J connectivity index is 1.16. The van der Waals surface area contributed by atoms with Crippen molar-refractivity contribution in [2.45, 2.75) is 13.0 Å². The molecule has 14 nitrogen and oxygen atoms in total. The molecule has 238 valence electrons. The van der Waals surface area contributed by atoms with Gasteiger partial charge in [-0.25, -0.2) is 14.5 Å². The fraction of sp³-hybridized carbons (Fsp3) is 0.312. The molecule has 0 bridgehead atoms. The van der Waals surface area contributed by atoms with Crippen LogP contribution in [0.25, 0.3) is 22.2 Å². The molecular weight excluding hydrogens is 588 g/mol. The summed E-state index contributed by atoms with van der Waals surface area (Å²) in [6.07, 6.45) is 7.26. The molecule has 3 aromatic heterocycles. The second kappa shape index (κ2) is 14.2. The lowest BCUT2D eigenvalue weighted by Gasteiger charge is -2.26. The summed E-state index contributed by atoms with van der Waals surface area (Å²) in [5.41, 5.74) is 4.83. The summed E-state index contributed by atoms with van der Waals surface area (Å²) in [5.74, 6) is -0.0157. The second-order valence-electron chi connectivity index (χ2n) is 11.0. The van der Waals surface area contributed by atoms with Crippen LogP contribution in [0.1, 0.15) is 16.8 Å².